The molecule has 1 amide bonds. The molecule has 0 aliphatic carbocycles. The molecule has 0 bridgehead atoms. The van der Waals surface area contributed by atoms with Gasteiger partial charge in [0.1, 0.15) is 12.4 Å². The summed E-state index contributed by atoms with van der Waals surface area (Å²) in [6, 6.07) is 2.64. The van der Waals surface area contributed by atoms with Crippen LogP contribution >= 0.6 is 0 Å². The Kier molecular flexibility index (Phi) is 3.06. The predicted molar refractivity (Wildman–Crippen MR) is 55.2 cm³/mol. The number of cyclic esters (lactones) is 1. The molecule has 0 spiro atoms. The minimum Gasteiger partial charge on any atom is -0.496 e. The molecule has 1 saturated heterocycles. The number of carbonyl (C=O) groups excluding carboxylic acids is 1. The Bertz CT molecular complexity index is 473. The maximum atomic E-state index is 12.5. The number of alkyl halides is 3. The highest BCUT2D eigenvalue weighted by molar-refractivity contribution is 5.70. The molecule has 4 nitrogen and oxygen atoms in total. The molecule has 1 atom stereocenters. The van der Waals surface area contributed by atoms with Crippen LogP contribution in [0.15, 0.2) is 18.2 Å². The SMILES string of the molecule is COc1cc(C(F)(F)F)ccc1[C@@H]1COC(=O)N1. The summed E-state index contributed by atoms with van der Waals surface area (Å²) >= 11 is 0. The van der Waals surface area contributed by atoms with Crippen molar-refractivity contribution in [2.75, 3.05) is 13.7 Å². The van der Waals surface area contributed by atoms with Gasteiger partial charge in [-0.2, -0.15) is 13.2 Å². The highest BCUT2D eigenvalue weighted by Crippen LogP contribution is 2.35. The molecule has 1 heterocycles. The van der Waals surface area contributed by atoms with E-state index in [-0.39, 0.29) is 12.4 Å². The van der Waals surface area contributed by atoms with Gasteiger partial charge >= 0.3 is 12.3 Å². The van der Waals surface area contributed by atoms with Crippen molar-refractivity contribution >= 4 is 6.09 Å². The van der Waals surface area contributed by atoms with Crippen molar-refractivity contribution < 1.29 is 27.4 Å². The van der Waals surface area contributed by atoms with Crippen molar-refractivity contribution in [3.63, 3.8) is 0 Å². The van der Waals surface area contributed by atoms with Gasteiger partial charge in [0, 0.05) is 5.56 Å². The van der Waals surface area contributed by atoms with Crippen molar-refractivity contribution in [3.8, 4) is 5.75 Å². The van der Waals surface area contributed by atoms with Gasteiger partial charge in [-0.1, -0.05) is 6.07 Å². The molecule has 0 saturated carbocycles. The van der Waals surface area contributed by atoms with E-state index in [1.807, 2.05) is 0 Å². The highest BCUT2D eigenvalue weighted by Gasteiger charge is 2.33. The first-order valence-corrected chi connectivity index (χ1v) is 5.10. The molecule has 1 aromatic rings. The summed E-state index contributed by atoms with van der Waals surface area (Å²) in [7, 11) is 1.27. The van der Waals surface area contributed by atoms with Crippen LogP contribution in [0.4, 0.5) is 18.0 Å². The zero-order valence-electron chi connectivity index (χ0n) is 9.38. The maximum absolute atomic E-state index is 12.5. The number of methoxy groups -OCH3 is 1. The van der Waals surface area contributed by atoms with Crippen molar-refractivity contribution in [2.45, 2.75) is 12.2 Å². The third kappa shape index (κ3) is 2.34. The van der Waals surface area contributed by atoms with Crippen molar-refractivity contribution in [1.29, 1.82) is 0 Å². The largest absolute Gasteiger partial charge is 0.496 e. The number of benzene rings is 1. The third-order valence-electron chi connectivity index (χ3n) is 2.61. The molecule has 0 unspecified atom stereocenters. The summed E-state index contributed by atoms with van der Waals surface area (Å²) in [6.07, 6.45) is -5.02. The van der Waals surface area contributed by atoms with Crippen molar-refractivity contribution in [2.24, 2.45) is 0 Å². The first kappa shape index (κ1) is 12.5. The van der Waals surface area contributed by atoms with E-state index in [0.29, 0.717) is 5.56 Å². The number of halogens is 3. The molecule has 18 heavy (non-hydrogen) atoms. The fraction of sp³-hybridized carbons (Fsp3) is 0.364. The summed E-state index contributed by atoms with van der Waals surface area (Å²) in [5.41, 5.74) is -0.343. The molecule has 7 heteroatoms. The third-order valence-corrected chi connectivity index (χ3v) is 2.61. The van der Waals surface area contributed by atoms with Crippen LogP contribution in [0.3, 0.4) is 0 Å². The van der Waals surface area contributed by atoms with Gasteiger partial charge in [0.05, 0.1) is 18.7 Å². The van der Waals surface area contributed by atoms with Gasteiger partial charge in [0.25, 0.3) is 0 Å². The van der Waals surface area contributed by atoms with Crippen LogP contribution < -0.4 is 10.1 Å². The molecule has 98 valence electrons. The standard InChI is InChI=1S/C11H10F3NO3/c1-17-9-4-6(11(12,13)14)2-3-7(9)8-5-18-10(16)15-8/h2-4,8H,5H2,1H3,(H,15,16)/t8-/m0/s1. The Morgan fingerprint density at radius 2 is 2.17 bits per heavy atom. The Balaban J connectivity index is 2.35. The second-order valence-electron chi connectivity index (χ2n) is 3.75. The summed E-state index contributed by atoms with van der Waals surface area (Å²) in [4.78, 5) is 10.9. The number of nitrogens with one attached hydrogen (secondary N) is 1. The molecule has 1 aliphatic heterocycles. The number of amides is 1. The fourth-order valence-electron chi connectivity index (χ4n) is 1.73. The smallest absolute Gasteiger partial charge is 0.416 e. The lowest BCUT2D eigenvalue weighted by Crippen LogP contribution is -2.19. The van der Waals surface area contributed by atoms with Gasteiger partial charge in [-0.15, -0.1) is 0 Å². The van der Waals surface area contributed by atoms with Gasteiger partial charge in [-0.05, 0) is 12.1 Å². The van der Waals surface area contributed by atoms with E-state index < -0.39 is 23.9 Å². The minimum atomic E-state index is -4.43. The number of ether oxygens (including phenoxy) is 2. The number of carbonyl (C=O) groups is 1. The van der Waals surface area contributed by atoms with Crippen LogP contribution in [0.25, 0.3) is 0 Å². The Hall–Kier alpha value is -1.92. The summed E-state index contributed by atoms with van der Waals surface area (Å²) in [5.74, 6) is 0.0700. The normalized spacial score (nSPS) is 19.3. The Morgan fingerprint density at radius 1 is 1.44 bits per heavy atom. The lowest BCUT2D eigenvalue weighted by Gasteiger charge is -2.15. The molecule has 0 radical (unpaired) electrons. The Morgan fingerprint density at radius 3 is 2.67 bits per heavy atom. The molecule has 1 aliphatic rings. The summed E-state index contributed by atoms with van der Waals surface area (Å²) in [6.45, 7) is 0.0700. The lowest BCUT2D eigenvalue weighted by molar-refractivity contribution is -0.137. The van der Waals surface area contributed by atoms with E-state index in [4.69, 9.17) is 4.74 Å². The molecular formula is C11H10F3NO3. The van der Waals surface area contributed by atoms with E-state index in [9.17, 15) is 18.0 Å². The van der Waals surface area contributed by atoms with Gasteiger partial charge < -0.3 is 14.8 Å². The average Bonchev–Trinajstić information content (AvgIpc) is 2.73. The summed E-state index contributed by atoms with van der Waals surface area (Å²) < 4.78 is 47.2. The van der Waals surface area contributed by atoms with Crippen LogP contribution in [0.5, 0.6) is 5.75 Å². The molecule has 2 rings (SSSR count). The second-order valence-corrected chi connectivity index (χ2v) is 3.75. The average molecular weight is 261 g/mol. The second kappa shape index (κ2) is 4.40. The topological polar surface area (TPSA) is 47.6 Å². The number of hydrogen-bond donors (Lipinski definition) is 1. The molecule has 0 aromatic heterocycles. The Labute approximate surface area is 101 Å². The quantitative estimate of drug-likeness (QED) is 0.889. The number of alkyl carbamates (subject to hydrolysis) is 1. The van der Waals surface area contributed by atoms with Gasteiger partial charge in [-0.3, -0.25) is 0 Å². The van der Waals surface area contributed by atoms with Crippen molar-refractivity contribution in [1.82, 2.24) is 5.32 Å². The predicted octanol–water partition coefficient (Wildman–Crippen LogP) is 2.49. The van der Waals surface area contributed by atoms with Gasteiger partial charge in [0.15, 0.2) is 0 Å². The number of hydrogen-bond acceptors (Lipinski definition) is 3. The monoisotopic (exact) mass is 261 g/mol. The van der Waals surface area contributed by atoms with Crippen LogP contribution in [0.2, 0.25) is 0 Å². The zero-order valence-corrected chi connectivity index (χ0v) is 9.38. The van der Waals surface area contributed by atoms with Gasteiger partial charge in [-0.25, -0.2) is 4.79 Å². The first-order valence-electron chi connectivity index (χ1n) is 5.10. The fourth-order valence-corrected chi connectivity index (χ4v) is 1.73. The van der Waals surface area contributed by atoms with E-state index >= 15 is 0 Å². The minimum absolute atomic E-state index is 0.0700. The van der Waals surface area contributed by atoms with E-state index in [1.165, 1.54) is 13.2 Å². The van der Waals surface area contributed by atoms with Crippen LogP contribution in [-0.2, 0) is 10.9 Å². The van der Waals surface area contributed by atoms with E-state index in [1.54, 1.807) is 0 Å². The van der Waals surface area contributed by atoms with E-state index in [0.717, 1.165) is 12.1 Å². The van der Waals surface area contributed by atoms with Crippen molar-refractivity contribution in [3.05, 3.63) is 29.3 Å². The van der Waals surface area contributed by atoms with Crippen LogP contribution in [0.1, 0.15) is 17.2 Å². The number of rotatable bonds is 2. The molecule has 1 fully saturated rings. The van der Waals surface area contributed by atoms with Gasteiger partial charge in [0.2, 0.25) is 0 Å². The summed E-state index contributed by atoms with van der Waals surface area (Å²) in [5, 5.41) is 2.48. The van der Waals surface area contributed by atoms with Crippen LogP contribution in [0, 0.1) is 0 Å². The molecule has 1 N–H and O–H groups in total. The first-order chi connectivity index (χ1) is 8.41. The lowest BCUT2D eigenvalue weighted by atomic mass is 10.0. The maximum Gasteiger partial charge on any atom is 0.416 e. The molecular weight excluding hydrogens is 251 g/mol. The molecule has 1 aromatic carbocycles. The zero-order chi connectivity index (χ0) is 13.3. The highest BCUT2D eigenvalue weighted by atomic mass is 19.4. The van der Waals surface area contributed by atoms with Crippen LogP contribution in [-0.4, -0.2) is 19.8 Å². The van der Waals surface area contributed by atoms with E-state index in [2.05, 4.69) is 10.1 Å².